The average molecular weight is 370 g/mol. The molecule has 4 nitrogen and oxygen atoms in total. The topological polar surface area (TPSA) is 38.8 Å². The van der Waals surface area contributed by atoms with Gasteiger partial charge in [-0.05, 0) is 31.9 Å². The molecule has 142 valence electrons. The lowest BCUT2D eigenvalue weighted by Gasteiger charge is -2.22. The Hall–Kier alpha value is -1.42. The summed E-state index contributed by atoms with van der Waals surface area (Å²) in [4.78, 5) is 17.8. The molecule has 0 saturated heterocycles. The van der Waals surface area contributed by atoms with Crippen molar-refractivity contribution in [1.82, 2.24) is 5.06 Å². The van der Waals surface area contributed by atoms with Crippen LogP contribution in [0.4, 0.5) is 4.79 Å². The van der Waals surface area contributed by atoms with Gasteiger partial charge in [-0.25, -0.2) is 4.79 Å². The average Bonchev–Trinajstić information content (AvgIpc) is 2.59. The van der Waals surface area contributed by atoms with Crippen LogP contribution >= 0.6 is 11.6 Å². The van der Waals surface area contributed by atoms with Gasteiger partial charge in [0.15, 0.2) is 5.75 Å². The molecule has 0 aliphatic rings. The zero-order valence-electron chi connectivity index (χ0n) is 15.9. The molecule has 5 heteroatoms. The third-order valence-electron chi connectivity index (χ3n) is 4.05. The standard InChI is InChI=1S/C20H32ClNO3/c1-4-6-7-8-9-10-11-12-15-22(20(23)24-5-2)25-18-14-13-17(3)19(21)16-18/h13-14,16H,4-12,15H2,1-3H3. The van der Waals surface area contributed by atoms with Gasteiger partial charge in [0.05, 0.1) is 13.2 Å². The molecular weight excluding hydrogens is 338 g/mol. The van der Waals surface area contributed by atoms with E-state index in [4.69, 9.17) is 21.2 Å². The number of hydrogen-bond acceptors (Lipinski definition) is 3. The highest BCUT2D eigenvalue weighted by molar-refractivity contribution is 6.31. The van der Waals surface area contributed by atoms with Crippen molar-refractivity contribution in [3.05, 3.63) is 28.8 Å². The lowest BCUT2D eigenvalue weighted by molar-refractivity contribution is -0.0479. The summed E-state index contributed by atoms with van der Waals surface area (Å²) < 4.78 is 5.08. The Balaban J connectivity index is 2.42. The summed E-state index contributed by atoms with van der Waals surface area (Å²) in [7, 11) is 0. The molecule has 0 aliphatic heterocycles. The molecular formula is C20H32ClNO3. The van der Waals surface area contributed by atoms with Crippen LogP contribution in [0.3, 0.4) is 0 Å². The minimum absolute atomic E-state index is 0.324. The number of benzene rings is 1. The highest BCUT2D eigenvalue weighted by atomic mass is 35.5. The Morgan fingerprint density at radius 2 is 1.68 bits per heavy atom. The first kappa shape index (κ1) is 21.6. The van der Waals surface area contributed by atoms with Crippen LogP contribution in [0, 0.1) is 6.92 Å². The first-order chi connectivity index (χ1) is 12.1. The monoisotopic (exact) mass is 369 g/mol. The van der Waals surface area contributed by atoms with E-state index < -0.39 is 6.09 Å². The molecule has 1 amide bonds. The third kappa shape index (κ3) is 9.01. The van der Waals surface area contributed by atoms with Crippen molar-refractivity contribution >= 4 is 17.7 Å². The molecule has 0 bridgehead atoms. The highest BCUT2D eigenvalue weighted by Crippen LogP contribution is 2.22. The Labute approximate surface area is 157 Å². The van der Waals surface area contributed by atoms with Gasteiger partial charge in [0, 0.05) is 11.1 Å². The minimum atomic E-state index is -0.456. The van der Waals surface area contributed by atoms with Gasteiger partial charge in [0.25, 0.3) is 0 Å². The summed E-state index contributed by atoms with van der Waals surface area (Å²) in [5, 5.41) is 1.91. The number of aryl methyl sites for hydroxylation is 1. The van der Waals surface area contributed by atoms with Crippen molar-refractivity contribution < 1.29 is 14.4 Å². The molecule has 0 heterocycles. The smallest absolute Gasteiger partial charge is 0.443 e. The van der Waals surface area contributed by atoms with E-state index in [9.17, 15) is 4.79 Å². The largest absolute Gasteiger partial charge is 0.448 e. The van der Waals surface area contributed by atoms with E-state index in [1.165, 1.54) is 43.6 Å². The molecule has 1 aromatic rings. The van der Waals surface area contributed by atoms with Gasteiger partial charge in [0.1, 0.15) is 0 Å². The summed E-state index contributed by atoms with van der Waals surface area (Å²) >= 11 is 6.12. The lowest BCUT2D eigenvalue weighted by Crippen LogP contribution is -2.35. The minimum Gasteiger partial charge on any atom is -0.448 e. The maximum Gasteiger partial charge on any atom is 0.443 e. The maximum absolute atomic E-state index is 12.1. The van der Waals surface area contributed by atoms with Gasteiger partial charge in [-0.15, -0.1) is 5.06 Å². The quantitative estimate of drug-likeness (QED) is 0.310. The maximum atomic E-state index is 12.1. The predicted molar refractivity (Wildman–Crippen MR) is 103 cm³/mol. The van der Waals surface area contributed by atoms with Crippen molar-refractivity contribution in [1.29, 1.82) is 0 Å². The predicted octanol–water partition coefficient (Wildman–Crippen LogP) is 6.54. The SMILES string of the molecule is CCCCCCCCCCN(Oc1ccc(C)c(Cl)c1)C(=O)OCC. The number of nitrogens with zero attached hydrogens (tertiary/aromatic N) is 1. The highest BCUT2D eigenvalue weighted by Gasteiger charge is 2.17. The number of ether oxygens (including phenoxy) is 1. The van der Waals surface area contributed by atoms with Crippen LogP contribution in [0.25, 0.3) is 0 Å². The van der Waals surface area contributed by atoms with E-state index in [1.807, 2.05) is 13.0 Å². The Morgan fingerprint density at radius 1 is 1.04 bits per heavy atom. The van der Waals surface area contributed by atoms with E-state index in [0.717, 1.165) is 18.4 Å². The van der Waals surface area contributed by atoms with Gasteiger partial charge in [-0.2, -0.15) is 0 Å². The van der Waals surface area contributed by atoms with E-state index in [-0.39, 0.29) is 0 Å². The molecule has 0 fully saturated rings. The fraction of sp³-hybridized carbons (Fsp3) is 0.650. The number of amides is 1. The molecule has 0 radical (unpaired) electrons. The fourth-order valence-electron chi connectivity index (χ4n) is 2.52. The molecule has 1 aromatic carbocycles. The second-order valence-electron chi connectivity index (χ2n) is 6.28. The van der Waals surface area contributed by atoms with E-state index >= 15 is 0 Å². The van der Waals surface area contributed by atoms with Crippen LogP contribution in [-0.2, 0) is 4.74 Å². The Morgan fingerprint density at radius 3 is 2.28 bits per heavy atom. The summed E-state index contributed by atoms with van der Waals surface area (Å²) in [6, 6.07) is 5.40. The van der Waals surface area contributed by atoms with Gasteiger partial charge < -0.3 is 9.57 Å². The molecule has 0 spiro atoms. The number of carbonyl (C=O) groups is 1. The van der Waals surface area contributed by atoms with Crippen molar-refractivity contribution in [2.24, 2.45) is 0 Å². The molecule has 0 saturated carbocycles. The van der Waals surface area contributed by atoms with Gasteiger partial charge in [-0.3, -0.25) is 0 Å². The molecule has 0 N–H and O–H groups in total. The van der Waals surface area contributed by atoms with Crippen LogP contribution in [-0.4, -0.2) is 24.3 Å². The summed E-state index contributed by atoms with van der Waals surface area (Å²) in [5.74, 6) is 0.545. The van der Waals surface area contributed by atoms with Crippen LogP contribution in [0.2, 0.25) is 5.02 Å². The summed E-state index contributed by atoms with van der Waals surface area (Å²) in [6.07, 6.45) is 9.19. The van der Waals surface area contributed by atoms with Gasteiger partial charge in [-0.1, -0.05) is 69.5 Å². The molecule has 0 unspecified atom stereocenters. The first-order valence-corrected chi connectivity index (χ1v) is 9.84. The first-order valence-electron chi connectivity index (χ1n) is 9.46. The van der Waals surface area contributed by atoms with Crippen molar-refractivity contribution in [3.63, 3.8) is 0 Å². The molecule has 1 rings (SSSR count). The van der Waals surface area contributed by atoms with Crippen molar-refractivity contribution in [2.45, 2.75) is 72.1 Å². The second-order valence-corrected chi connectivity index (χ2v) is 6.69. The van der Waals surface area contributed by atoms with E-state index in [2.05, 4.69) is 6.92 Å². The number of unbranched alkanes of at least 4 members (excludes halogenated alkanes) is 7. The van der Waals surface area contributed by atoms with Gasteiger partial charge in [0.2, 0.25) is 0 Å². The molecule has 0 atom stereocenters. The zero-order chi connectivity index (χ0) is 18.5. The van der Waals surface area contributed by atoms with Crippen LogP contribution < -0.4 is 4.84 Å². The van der Waals surface area contributed by atoms with Crippen molar-refractivity contribution in [3.8, 4) is 5.75 Å². The van der Waals surface area contributed by atoms with E-state index in [1.54, 1.807) is 19.1 Å². The van der Waals surface area contributed by atoms with E-state index in [0.29, 0.717) is 23.9 Å². The zero-order valence-corrected chi connectivity index (χ0v) is 16.6. The van der Waals surface area contributed by atoms with Crippen molar-refractivity contribution in [2.75, 3.05) is 13.2 Å². The number of hydroxylamine groups is 2. The molecule has 0 aromatic heterocycles. The normalized spacial score (nSPS) is 10.6. The molecule has 25 heavy (non-hydrogen) atoms. The van der Waals surface area contributed by atoms with Crippen LogP contribution in [0.15, 0.2) is 18.2 Å². The number of hydrogen-bond donors (Lipinski definition) is 0. The summed E-state index contributed by atoms with van der Waals surface area (Å²) in [6.45, 7) is 6.78. The van der Waals surface area contributed by atoms with Crippen LogP contribution in [0.5, 0.6) is 5.75 Å². The second kappa shape index (κ2) is 12.9. The third-order valence-corrected chi connectivity index (χ3v) is 4.45. The lowest BCUT2D eigenvalue weighted by atomic mass is 10.1. The van der Waals surface area contributed by atoms with Crippen LogP contribution in [0.1, 0.15) is 70.8 Å². The fourth-order valence-corrected chi connectivity index (χ4v) is 2.69. The number of halogens is 1. The number of rotatable bonds is 12. The number of carbonyl (C=O) groups excluding carboxylic acids is 1. The van der Waals surface area contributed by atoms with Gasteiger partial charge >= 0.3 is 6.09 Å². The Bertz CT molecular complexity index is 508. The summed E-state index contributed by atoms with van der Waals surface area (Å²) in [5.41, 5.74) is 0.972. The Kier molecular flexibility index (Phi) is 11.1. The molecule has 0 aliphatic carbocycles.